The third-order valence-electron chi connectivity index (χ3n) is 3.48. The van der Waals surface area contributed by atoms with E-state index in [0.29, 0.717) is 24.5 Å². The van der Waals surface area contributed by atoms with E-state index in [1.165, 1.54) is 0 Å². The fraction of sp³-hybridized carbons (Fsp3) is 0.100. The Balaban J connectivity index is 1.57. The molecule has 0 bridgehead atoms. The highest BCUT2D eigenvalue weighted by Gasteiger charge is 2.01. The van der Waals surface area contributed by atoms with Crippen molar-refractivity contribution in [2.24, 2.45) is 0 Å². The van der Waals surface area contributed by atoms with Crippen LogP contribution < -0.4 is 10.1 Å². The first-order valence-corrected chi connectivity index (χ1v) is 7.71. The number of aromatic nitrogens is 1. The van der Waals surface area contributed by atoms with Gasteiger partial charge in [0, 0.05) is 25.4 Å². The van der Waals surface area contributed by atoms with Gasteiger partial charge in [-0.1, -0.05) is 30.3 Å². The number of nitriles is 1. The normalized spacial score (nSPS) is 10.1. The van der Waals surface area contributed by atoms with Crippen LogP contribution in [0, 0.1) is 11.3 Å². The van der Waals surface area contributed by atoms with Crippen LogP contribution in [0.3, 0.4) is 0 Å². The van der Waals surface area contributed by atoms with Gasteiger partial charge in [-0.15, -0.1) is 0 Å². The lowest BCUT2D eigenvalue weighted by atomic mass is 10.1. The van der Waals surface area contributed by atoms with E-state index in [2.05, 4.69) is 16.4 Å². The van der Waals surface area contributed by atoms with Crippen LogP contribution in [0.5, 0.6) is 11.6 Å². The van der Waals surface area contributed by atoms with Crippen molar-refractivity contribution in [1.82, 2.24) is 10.3 Å². The summed E-state index contributed by atoms with van der Waals surface area (Å²) < 4.78 is 5.74. The van der Waals surface area contributed by atoms with Crippen LogP contribution in [0.25, 0.3) is 0 Å². The van der Waals surface area contributed by atoms with E-state index < -0.39 is 0 Å². The average Bonchev–Trinajstić information content (AvgIpc) is 2.63. The molecule has 3 aromatic rings. The van der Waals surface area contributed by atoms with Crippen LogP contribution in [0.4, 0.5) is 0 Å². The molecule has 0 aliphatic carbocycles. The third-order valence-corrected chi connectivity index (χ3v) is 3.48. The summed E-state index contributed by atoms with van der Waals surface area (Å²) in [4.78, 5) is 4.24. The number of hydrogen-bond acceptors (Lipinski definition) is 4. The van der Waals surface area contributed by atoms with Crippen LogP contribution in [0.1, 0.15) is 16.7 Å². The number of nitrogens with one attached hydrogen (secondary N) is 1. The second-order valence-electron chi connectivity index (χ2n) is 5.33. The van der Waals surface area contributed by atoms with E-state index in [1.54, 1.807) is 12.3 Å². The summed E-state index contributed by atoms with van der Waals surface area (Å²) in [6, 6.07) is 23.2. The lowest BCUT2D eigenvalue weighted by Gasteiger charge is -2.08. The first-order chi connectivity index (χ1) is 11.8. The lowest BCUT2D eigenvalue weighted by Crippen LogP contribution is -2.12. The minimum atomic E-state index is 0.576. The predicted octanol–water partition coefficient (Wildman–Crippen LogP) is 4.04. The molecule has 24 heavy (non-hydrogen) atoms. The fourth-order valence-corrected chi connectivity index (χ4v) is 2.33. The van der Waals surface area contributed by atoms with Gasteiger partial charge < -0.3 is 10.1 Å². The largest absolute Gasteiger partial charge is 0.439 e. The Kier molecular flexibility index (Phi) is 5.18. The number of nitrogens with zero attached hydrogens (tertiary/aromatic N) is 2. The Hall–Kier alpha value is -3.16. The number of ether oxygens (including phenoxy) is 1. The molecule has 1 aromatic heterocycles. The molecule has 0 aliphatic rings. The van der Waals surface area contributed by atoms with Gasteiger partial charge in [0.1, 0.15) is 5.75 Å². The van der Waals surface area contributed by atoms with E-state index in [4.69, 9.17) is 10.00 Å². The van der Waals surface area contributed by atoms with Gasteiger partial charge in [-0.25, -0.2) is 4.98 Å². The quantitative estimate of drug-likeness (QED) is 0.746. The molecule has 0 unspecified atom stereocenters. The molecule has 0 aliphatic heterocycles. The van der Waals surface area contributed by atoms with Crippen molar-refractivity contribution < 1.29 is 4.74 Å². The standard InChI is InChI=1S/C20H17N3O/c21-13-16-5-4-6-17(11-16)14-22-15-18-9-10-23-20(12-18)24-19-7-2-1-3-8-19/h1-12,22H,14-15H2. The van der Waals surface area contributed by atoms with E-state index in [0.717, 1.165) is 16.9 Å². The third kappa shape index (κ3) is 4.42. The maximum Gasteiger partial charge on any atom is 0.219 e. The summed E-state index contributed by atoms with van der Waals surface area (Å²) in [5, 5.41) is 12.3. The highest BCUT2D eigenvalue weighted by molar-refractivity contribution is 5.33. The SMILES string of the molecule is N#Cc1cccc(CNCc2ccnc(Oc3ccccc3)c2)c1. The molecule has 0 spiro atoms. The first-order valence-electron chi connectivity index (χ1n) is 7.71. The fourth-order valence-electron chi connectivity index (χ4n) is 2.33. The smallest absolute Gasteiger partial charge is 0.219 e. The molecule has 0 radical (unpaired) electrons. The molecular formula is C20H17N3O. The molecule has 118 valence electrons. The summed E-state index contributed by atoms with van der Waals surface area (Å²) in [6.07, 6.45) is 1.74. The van der Waals surface area contributed by atoms with Crippen molar-refractivity contribution in [2.75, 3.05) is 0 Å². The van der Waals surface area contributed by atoms with E-state index >= 15 is 0 Å². The van der Waals surface area contributed by atoms with Crippen LogP contribution in [-0.4, -0.2) is 4.98 Å². The molecule has 1 N–H and O–H groups in total. The molecule has 0 amide bonds. The van der Waals surface area contributed by atoms with E-state index in [-0.39, 0.29) is 0 Å². The minimum Gasteiger partial charge on any atom is -0.439 e. The van der Waals surface area contributed by atoms with E-state index in [9.17, 15) is 0 Å². The molecule has 4 heteroatoms. The Bertz CT molecular complexity index is 841. The highest BCUT2D eigenvalue weighted by Crippen LogP contribution is 2.19. The molecule has 4 nitrogen and oxygen atoms in total. The van der Waals surface area contributed by atoms with Gasteiger partial charge in [0.2, 0.25) is 5.88 Å². The van der Waals surface area contributed by atoms with Crippen molar-refractivity contribution in [3.63, 3.8) is 0 Å². The average molecular weight is 315 g/mol. The van der Waals surface area contributed by atoms with Crippen molar-refractivity contribution in [3.05, 3.63) is 89.6 Å². The van der Waals surface area contributed by atoms with Gasteiger partial charge in [-0.3, -0.25) is 0 Å². The van der Waals surface area contributed by atoms with Crippen molar-refractivity contribution in [2.45, 2.75) is 13.1 Å². The highest BCUT2D eigenvalue weighted by atomic mass is 16.5. The van der Waals surface area contributed by atoms with Gasteiger partial charge in [0.05, 0.1) is 11.6 Å². The van der Waals surface area contributed by atoms with Crippen molar-refractivity contribution >= 4 is 0 Å². The molecule has 0 fully saturated rings. The van der Waals surface area contributed by atoms with Crippen molar-refractivity contribution in [3.8, 4) is 17.7 Å². The topological polar surface area (TPSA) is 57.9 Å². The Morgan fingerprint density at radius 2 is 1.71 bits per heavy atom. The molecule has 0 saturated carbocycles. The molecule has 0 saturated heterocycles. The first kappa shape index (κ1) is 15.7. The summed E-state index contributed by atoms with van der Waals surface area (Å²) in [6.45, 7) is 1.40. The Morgan fingerprint density at radius 1 is 0.917 bits per heavy atom. The number of rotatable bonds is 6. The van der Waals surface area contributed by atoms with Gasteiger partial charge in [-0.2, -0.15) is 5.26 Å². The van der Waals surface area contributed by atoms with Crippen LogP contribution in [0.2, 0.25) is 0 Å². The molecule has 2 aromatic carbocycles. The maximum absolute atomic E-state index is 8.93. The van der Waals surface area contributed by atoms with Gasteiger partial charge in [0.25, 0.3) is 0 Å². The predicted molar refractivity (Wildman–Crippen MR) is 92.5 cm³/mol. The summed E-state index contributed by atoms with van der Waals surface area (Å²) >= 11 is 0. The second-order valence-corrected chi connectivity index (χ2v) is 5.33. The maximum atomic E-state index is 8.93. The molecule has 3 rings (SSSR count). The molecule has 0 atom stereocenters. The zero-order valence-electron chi connectivity index (χ0n) is 13.1. The summed E-state index contributed by atoms with van der Waals surface area (Å²) in [7, 11) is 0. The van der Waals surface area contributed by atoms with Gasteiger partial charge >= 0.3 is 0 Å². The zero-order valence-corrected chi connectivity index (χ0v) is 13.1. The van der Waals surface area contributed by atoms with Crippen molar-refractivity contribution in [1.29, 1.82) is 5.26 Å². The monoisotopic (exact) mass is 315 g/mol. The minimum absolute atomic E-state index is 0.576. The van der Waals surface area contributed by atoms with Gasteiger partial charge in [0.15, 0.2) is 0 Å². The Morgan fingerprint density at radius 3 is 2.50 bits per heavy atom. The summed E-state index contributed by atoms with van der Waals surface area (Å²) in [5.41, 5.74) is 2.85. The zero-order chi connectivity index (χ0) is 16.6. The van der Waals surface area contributed by atoms with Crippen LogP contribution in [0.15, 0.2) is 72.9 Å². The van der Waals surface area contributed by atoms with Gasteiger partial charge in [-0.05, 0) is 41.5 Å². The number of benzene rings is 2. The number of hydrogen-bond donors (Lipinski definition) is 1. The van der Waals surface area contributed by atoms with Crippen LogP contribution in [-0.2, 0) is 13.1 Å². The molecule has 1 heterocycles. The lowest BCUT2D eigenvalue weighted by molar-refractivity contribution is 0.461. The number of pyridine rings is 1. The number of para-hydroxylation sites is 1. The molecular weight excluding hydrogens is 298 g/mol. The second kappa shape index (κ2) is 7.91. The van der Waals surface area contributed by atoms with E-state index in [1.807, 2.05) is 60.7 Å². The Labute approximate surface area is 141 Å². The summed E-state index contributed by atoms with van der Waals surface area (Å²) in [5.74, 6) is 1.34. The van der Waals surface area contributed by atoms with Crippen LogP contribution >= 0.6 is 0 Å².